The minimum Gasteiger partial charge on any atom is -0.392 e. The number of pyridine rings is 1. The van der Waals surface area contributed by atoms with Crippen molar-refractivity contribution < 1.29 is 14.7 Å². The number of nitrogens with zero attached hydrogens (tertiary/aromatic N) is 2. The van der Waals surface area contributed by atoms with Crippen LogP contribution in [0.5, 0.6) is 0 Å². The van der Waals surface area contributed by atoms with Crippen molar-refractivity contribution in [3.8, 4) is 0 Å². The molecule has 0 saturated carbocycles. The summed E-state index contributed by atoms with van der Waals surface area (Å²) in [5.74, 6) is -0.394. The maximum Gasteiger partial charge on any atom is 0.272 e. The summed E-state index contributed by atoms with van der Waals surface area (Å²) in [4.78, 5) is 30.5. The van der Waals surface area contributed by atoms with Crippen molar-refractivity contribution >= 4 is 23.4 Å². The van der Waals surface area contributed by atoms with Gasteiger partial charge in [-0.05, 0) is 31.4 Å². The zero-order chi connectivity index (χ0) is 15.7. The molecule has 0 unspecified atom stereocenters. The Hall–Kier alpha value is -1.66. The van der Waals surface area contributed by atoms with Crippen LogP contribution < -0.4 is 5.32 Å². The number of rotatable bonds is 1. The highest BCUT2D eigenvalue weighted by Gasteiger charge is 2.50. The summed E-state index contributed by atoms with van der Waals surface area (Å²) >= 11 is 5.78. The number of carbonyl (C=O) groups excluding carboxylic acids is 2. The van der Waals surface area contributed by atoms with Gasteiger partial charge in [0.1, 0.15) is 5.69 Å². The van der Waals surface area contributed by atoms with Crippen LogP contribution in [0.4, 0.5) is 0 Å². The van der Waals surface area contributed by atoms with Gasteiger partial charge in [0.15, 0.2) is 0 Å². The molecule has 0 radical (unpaired) electrons. The van der Waals surface area contributed by atoms with Crippen molar-refractivity contribution in [3.63, 3.8) is 0 Å². The fourth-order valence-corrected chi connectivity index (χ4v) is 3.39. The standard InChI is InChI=1S/C15H18ClN3O3/c16-10-2-3-11(18-8-10)13(21)19-7-4-12(20)15(9-19)5-1-6-17-14(15)22/h2-3,8,12,20H,1,4-7,9H2,(H,17,22)/t12-,15-/m1/s1. The number of halogens is 1. The molecule has 2 aliphatic heterocycles. The van der Waals surface area contributed by atoms with Crippen molar-refractivity contribution in [2.75, 3.05) is 19.6 Å². The van der Waals surface area contributed by atoms with E-state index in [1.807, 2.05) is 0 Å². The predicted octanol–water partition coefficient (Wildman–Crippen LogP) is 0.838. The number of nitrogens with one attached hydrogen (secondary N) is 1. The first kappa shape index (κ1) is 15.2. The molecule has 0 bridgehead atoms. The highest BCUT2D eigenvalue weighted by atomic mass is 35.5. The second-order valence-electron chi connectivity index (χ2n) is 5.91. The monoisotopic (exact) mass is 323 g/mol. The molecule has 118 valence electrons. The maximum atomic E-state index is 12.6. The van der Waals surface area contributed by atoms with Crippen LogP contribution in [0.25, 0.3) is 0 Å². The van der Waals surface area contributed by atoms with Crippen LogP contribution in [0.1, 0.15) is 29.8 Å². The van der Waals surface area contributed by atoms with E-state index in [1.165, 1.54) is 6.20 Å². The molecule has 1 aromatic rings. The Kier molecular flexibility index (Phi) is 4.06. The van der Waals surface area contributed by atoms with Crippen molar-refractivity contribution in [2.45, 2.75) is 25.4 Å². The average Bonchev–Trinajstić information content (AvgIpc) is 2.53. The molecule has 1 aromatic heterocycles. The van der Waals surface area contributed by atoms with Crippen LogP contribution in [-0.4, -0.2) is 52.5 Å². The molecular formula is C15H18ClN3O3. The fraction of sp³-hybridized carbons (Fsp3) is 0.533. The number of hydrogen-bond acceptors (Lipinski definition) is 4. The Morgan fingerprint density at radius 3 is 3.00 bits per heavy atom. The van der Waals surface area contributed by atoms with Crippen molar-refractivity contribution in [2.24, 2.45) is 5.41 Å². The highest BCUT2D eigenvalue weighted by molar-refractivity contribution is 6.30. The van der Waals surface area contributed by atoms with Gasteiger partial charge < -0.3 is 15.3 Å². The van der Waals surface area contributed by atoms with E-state index in [-0.39, 0.29) is 18.4 Å². The first-order valence-corrected chi connectivity index (χ1v) is 7.78. The lowest BCUT2D eigenvalue weighted by atomic mass is 9.71. The van der Waals surface area contributed by atoms with Crippen molar-refractivity contribution in [1.29, 1.82) is 0 Å². The molecule has 2 amide bonds. The lowest BCUT2D eigenvalue weighted by Crippen LogP contribution is -2.62. The molecule has 2 aliphatic rings. The summed E-state index contributed by atoms with van der Waals surface area (Å²) in [7, 11) is 0. The van der Waals surface area contributed by atoms with Gasteiger partial charge in [0, 0.05) is 25.8 Å². The molecule has 3 rings (SSSR count). The summed E-state index contributed by atoms with van der Waals surface area (Å²) in [6.07, 6.45) is 2.51. The maximum absolute atomic E-state index is 12.6. The van der Waals surface area contributed by atoms with Crippen LogP contribution in [0, 0.1) is 5.41 Å². The van der Waals surface area contributed by atoms with Gasteiger partial charge in [0.25, 0.3) is 5.91 Å². The molecule has 2 fully saturated rings. The van der Waals surface area contributed by atoms with Crippen LogP contribution in [0.3, 0.4) is 0 Å². The first-order valence-electron chi connectivity index (χ1n) is 7.40. The molecular weight excluding hydrogens is 306 g/mol. The second-order valence-corrected chi connectivity index (χ2v) is 6.34. The Labute approximate surface area is 133 Å². The molecule has 1 spiro atoms. The van der Waals surface area contributed by atoms with Gasteiger partial charge in [-0.2, -0.15) is 0 Å². The van der Waals surface area contributed by atoms with Crippen LogP contribution in [0.2, 0.25) is 5.02 Å². The number of piperidine rings is 2. The third-order valence-electron chi connectivity index (χ3n) is 4.55. The largest absolute Gasteiger partial charge is 0.392 e. The second kappa shape index (κ2) is 5.85. The zero-order valence-corrected chi connectivity index (χ0v) is 12.8. The molecule has 22 heavy (non-hydrogen) atoms. The van der Waals surface area contributed by atoms with Gasteiger partial charge in [-0.25, -0.2) is 4.98 Å². The van der Waals surface area contributed by atoms with E-state index in [4.69, 9.17) is 11.6 Å². The number of carbonyl (C=O) groups is 2. The number of hydrogen-bond donors (Lipinski definition) is 2. The first-order chi connectivity index (χ1) is 10.5. The lowest BCUT2D eigenvalue weighted by Gasteiger charge is -2.46. The van der Waals surface area contributed by atoms with E-state index < -0.39 is 11.5 Å². The molecule has 0 aliphatic carbocycles. The van der Waals surface area contributed by atoms with Crippen LogP contribution in [-0.2, 0) is 4.79 Å². The van der Waals surface area contributed by atoms with Gasteiger partial charge in [-0.1, -0.05) is 11.6 Å². The smallest absolute Gasteiger partial charge is 0.272 e. The highest BCUT2D eigenvalue weighted by Crippen LogP contribution is 2.37. The van der Waals surface area contributed by atoms with Crippen LogP contribution >= 0.6 is 11.6 Å². The molecule has 2 saturated heterocycles. The van der Waals surface area contributed by atoms with E-state index in [0.717, 1.165) is 6.42 Å². The van der Waals surface area contributed by atoms with Gasteiger partial charge in [-0.15, -0.1) is 0 Å². The molecule has 3 heterocycles. The number of aliphatic hydroxyl groups excluding tert-OH is 1. The Morgan fingerprint density at radius 1 is 1.50 bits per heavy atom. The topological polar surface area (TPSA) is 82.5 Å². The quantitative estimate of drug-likeness (QED) is 0.802. The number of aromatic nitrogens is 1. The average molecular weight is 324 g/mol. The van der Waals surface area contributed by atoms with Gasteiger partial charge in [0.05, 0.1) is 16.5 Å². The van der Waals surface area contributed by atoms with E-state index >= 15 is 0 Å². The van der Waals surface area contributed by atoms with E-state index in [2.05, 4.69) is 10.3 Å². The third kappa shape index (κ3) is 2.57. The minimum atomic E-state index is -0.890. The Balaban J connectivity index is 1.82. The van der Waals surface area contributed by atoms with E-state index in [9.17, 15) is 14.7 Å². The predicted molar refractivity (Wildman–Crippen MR) is 80.5 cm³/mol. The molecule has 0 aromatic carbocycles. The van der Waals surface area contributed by atoms with Crippen molar-refractivity contribution in [3.05, 3.63) is 29.0 Å². The fourth-order valence-electron chi connectivity index (χ4n) is 3.28. The molecule has 2 atom stereocenters. The van der Waals surface area contributed by atoms with E-state index in [1.54, 1.807) is 17.0 Å². The third-order valence-corrected chi connectivity index (χ3v) is 4.78. The normalized spacial score (nSPS) is 28.5. The Bertz CT molecular complexity index is 592. The summed E-state index contributed by atoms with van der Waals surface area (Å²) in [5, 5.41) is 13.6. The number of aliphatic hydroxyl groups is 1. The lowest BCUT2D eigenvalue weighted by molar-refractivity contribution is -0.147. The summed E-state index contributed by atoms with van der Waals surface area (Å²) < 4.78 is 0. The number of amides is 2. The molecule has 6 nitrogen and oxygen atoms in total. The summed E-state index contributed by atoms with van der Waals surface area (Å²) in [5.41, 5.74) is -0.592. The summed E-state index contributed by atoms with van der Waals surface area (Å²) in [6.45, 7) is 1.27. The minimum absolute atomic E-state index is 0.159. The van der Waals surface area contributed by atoms with E-state index in [0.29, 0.717) is 36.6 Å². The van der Waals surface area contributed by atoms with Gasteiger partial charge in [-0.3, -0.25) is 9.59 Å². The Morgan fingerprint density at radius 2 is 2.32 bits per heavy atom. The van der Waals surface area contributed by atoms with Crippen molar-refractivity contribution in [1.82, 2.24) is 15.2 Å². The van der Waals surface area contributed by atoms with Crippen LogP contribution in [0.15, 0.2) is 18.3 Å². The SMILES string of the molecule is O=C(c1ccc(Cl)cn1)N1CC[C@@H](O)[C@@]2(CCCNC2=O)C1. The summed E-state index contributed by atoms with van der Waals surface area (Å²) in [6, 6.07) is 3.19. The van der Waals surface area contributed by atoms with Gasteiger partial charge >= 0.3 is 0 Å². The molecule has 2 N–H and O–H groups in total. The number of likely N-dealkylation sites (tertiary alicyclic amines) is 1. The van der Waals surface area contributed by atoms with Gasteiger partial charge in [0.2, 0.25) is 5.91 Å². The molecule has 7 heteroatoms. The zero-order valence-electron chi connectivity index (χ0n) is 12.1.